The van der Waals surface area contributed by atoms with Crippen LogP contribution in [0.2, 0.25) is 0 Å². The maximum absolute atomic E-state index is 15.2. The number of nitrogens with zero attached hydrogens (tertiary/aromatic N) is 2. The number of rotatable bonds is 5. The summed E-state index contributed by atoms with van der Waals surface area (Å²) in [6.45, 7) is 0. The molecule has 0 saturated carbocycles. The summed E-state index contributed by atoms with van der Waals surface area (Å²) in [7, 11) is 0. The van der Waals surface area contributed by atoms with E-state index in [1.54, 1.807) is 24.3 Å². The Morgan fingerprint density at radius 2 is 0.581 bits per heavy atom. The third-order valence-corrected chi connectivity index (χ3v) is 12.7. The summed E-state index contributed by atoms with van der Waals surface area (Å²) in [6, 6.07) is 26.1. The van der Waals surface area contributed by atoms with E-state index < -0.39 is 92.7 Å². The topological polar surface area (TPSA) is 9.86 Å². The van der Waals surface area contributed by atoms with Gasteiger partial charge in [0, 0.05) is 32.9 Å². The average Bonchev–Trinajstić information content (AvgIpc) is 3.84. The number of benzene rings is 8. The van der Waals surface area contributed by atoms with Gasteiger partial charge in [-0.1, -0.05) is 72.8 Å². The van der Waals surface area contributed by atoms with Crippen LogP contribution < -0.4 is 0 Å². The van der Waals surface area contributed by atoms with Crippen LogP contribution in [0.1, 0.15) is 33.4 Å². The van der Waals surface area contributed by atoms with Gasteiger partial charge in [-0.15, -0.1) is 0 Å². The molecule has 378 valence electrons. The van der Waals surface area contributed by atoms with E-state index >= 15 is 26.3 Å². The van der Waals surface area contributed by atoms with Crippen molar-refractivity contribution in [2.24, 2.45) is 0 Å². The number of fused-ring (bicyclic) bond motifs is 6. The summed E-state index contributed by atoms with van der Waals surface area (Å²) < 4.78 is 262. The Bertz CT molecular complexity index is 3620. The largest absolute Gasteiger partial charge is 0.417 e. The highest BCUT2D eigenvalue weighted by Crippen LogP contribution is 2.48. The summed E-state index contributed by atoms with van der Waals surface area (Å²) in [5, 5.41) is 1.32. The van der Waals surface area contributed by atoms with Gasteiger partial charge in [-0.2, -0.15) is 79.0 Å². The predicted molar refractivity (Wildman–Crippen MR) is 241 cm³/mol. The highest BCUT2D eigenvalue weighted by atomic mass is 19.4. The van der Waals surface area contributed by atoms with E-state index in [0.717, 1.165) is 36.4 Å². The molecule has 0 radical (unpaired) electrons. The molecule has 0 spiro atoms. The van der Waals surface area contributed by atoms with Crippen LogP contribution in [0, 0.1) is 0 Å². The fourth-order valence-electron chi connectivity index (χ4n) is 9.53. The number of alkyl halides is 18. The molecule has 0 aliphatic carbocycles. The van der Waals surface area contributed by atoms with E-state index in [9.17, 15) is 52.7 Å². The molecule has 0 unspecified atom stereocenters. The summed E-state index contributed by atoms with van der Waals surface area (Å²) in [5.74, 6) is 0. The Morgan fingerprint density at radius 1 is 0.243 bits per heavy atom. The van der Waals surface area contributed by atoms with Crippen molar-refractivity contribution in [1.29, 1.82) is 0 Å². The second kappa shape index (κ2) is 16.8. The molecule has 10 rings (SSSR count). The van der Waals surface area contributed by atoms with Crippen molar-refractivity contribution in [1.82, 2.24) is 9.13 Å². The maximum Gasteiger partial charge on any atom is 0.417 e. The summed E-state index contributed by atoms with van der Waals surface area (Å²) in [5.41, 5.74) is -13.7. The third kappa shape index (κ3) is 8.62. The lowest BCUT2D eigenvalue weighted by Gasteiger charge is -2.21. The Morgan fingerprint density at radius 3 is 0.919 bits per heavy atom. The van der Waals surface area contributed by atoms with Gasteiger partial charge in [0.2, 0.25) is 0 Å². The van der Waals surface area contributed by atoms with Gasteiger partial charge in [-0.25, -0.2) is 0 Å². The van der Waals surface area contributed by atoms with Crippen molar-refractivity contribution in [2.75, 3.05) is 0 Å². The first-order valence-electron chi connectivity index (χ1n) is 21.6. The molecular weight excluding hydrogens is 1020 g/mol. The van der Waals surface area contributed by atoms with E-state index in [2.05, 4.69) is 0 Å². The molecule has 2 heterocycles. The van der Waals surface area contributed by atoms with Crippen LogP contribution in [0.5, 0.6) is 0 Å². The first-order chi connectivity index (χ1) is 34.5. The molecule has 2 nitrogen and oxygen atoms in total. The lowest BCUT2D eigenvalue weighted by atomic mass is 9.93. The standard InChI is InChI=1S/C54H26F18N2/c55-49(56,57)29-11-17-33(43(23-29)53(67,68)69)27-9-15-37-35-5-1-3-7-45(35)73(47(37)21-27)31-13-19-41(51(61,62)63)39(25-31)40-26-32(14-20-42(40)52(64,65)66)74-46-8-4-2-6-36(46)38-16-10-28(22-48(38)74)34-18-12-30(50(58,59)60)24-44(34)54(70,71)72/h1-26H. The smallest absolute Gasteiger partial charge is 0.309 e. The van der Waals surface area contributed by atoms with Crippen LogP contribution in [0.25, 0.3) is 88.4 Å². The highest BCUT2D eigenvalue weighted by Gasteiger charge is 2.42. The van der Waals surface area contributed by atoms with Crippen molar-refractivity contribution in [2.45, 2.75) is 37.1 Å². The van der Waals surface area contributed by atoms with Crippen molar-refractivity contribution >= 4 is 43.6 Å². The molecule has 20 heteroatoms. The molecule has 0 aliphatic rings. The van der Waals surface area contributed by atoms with E-state index in [0.29, 0.717) is 47.2 Å². The molecule has 2 aromatic heterocycles. The highest BCUT2D eigenvalue weighted by molar-refractivity contribution is 6.11. The molecular formula is C54H26F18N2. The Balaban J connectivity index is 1.22. The molecule has 10 aromatic rings. The van der Waals surface area contributed by atoms with Gasteiger partial charge in [0.05, 0.1) is 55.4 Å². The van der Waals surface area contributed by atoms with Gasteiger partial charge in [0.1, 0.15) is 0 Å². The van der Waals surface area contributed by atoms with Crippen molar-refractivity contribution in [3.8, 4) is 44.8 Å². The molecule has 0 fully saturated rings. The lowest BCUT2D eigenvalue weighted by molar-refractivity contribution is -0.144. The summed E-state index contributed by atoms with van der Waals surface area (Å²) in [4.78, 5) is 0. The van der Waals surface area contributed by atoms with Gasteiger partial charge in [0.25, 0.3) is 0 Å². The Kier molecular flexibility index (Phi) is 11.3. The van der Waals surface area contributed by atoms with Crippen LogP contribution in [0.4, 0.5) is 79.0 Å². The Hall–Kier alpha value is -7.90. The first kappa shape index (κ1) is 49.7. The first-order valence-corrected chi connectivity index (χ1v) is 21.6. The van der Waals surface area contributed by atoms with Crippen molar-refractivity contribution < 1.29 is 79.0 Å². The van der Waals surface area contributed by atoms with Crippen molar-refractivity contribution in [3.63, 3.8) is 0 Å². The van der Waals surface area contributed by atoms with E-state index in [-0.39, 0.29) is 67.5 Å². The minimum absolute atomic E-state index is 0.00459. The SMILES string of the molecule is FC(F)(F)c1ccc(-c2ccc3c4ccccc4n(-c4ccc(C(F)(F)F)c(-c5cc(-n6c7ccccc7c7ccc(-c8ccc(C(F)(F)F)cc8C(F)(F)F)cc76)ccc5C(F)(F)F)c4)c3c2)c(C(F)(F)F)c1. The number of hydrogen-bond donors (Lipinski definition) is 0. The quantitative estimate of drug-likeness (QED) is 0.152. The Labute approximate surface area is 403 Å². The van der Waals surface area contributed by atoms with Crippen LogP contribution in [-0.2, 0) is 37.1 Å². The molecule has 0 atom stereocenters. The fourth-order valence-corrected chi connectivity index (χ4v) is 9.53. The fraction of sp³-hybridized carbons (Fsp3) is 0.111. The zero-order valence-corrected chi connectivity index (χ0v) is 36.7. The van der Waals surface area contributed by atoms with Gasteiger partial charge < -0.3 is 9.13 Å². The summed E-state index contributed by atoms with van der Waals surface area (Å²) >= 11 is 0. The number of hydrogen-bond acceptors (Lipinski definition) is 0. The monoisotopic (exact) mass is 1040 g/mol. The molecule has 0 bridgehead atoms. The predicted octanol–water partition coefficient (Wildman–Crippen LogP) is 19.0. The normalized spacial score (nSPS) is 13.3. The van der Waals surface area contributed by atoms with Gasteiger partial charge >= 0.3 is 37.1 Å². The van der Waals surface area contributed by atoms with Crippen LogP contribution in [0.3, 0.4) is 0 Å². The second-order valence-electron chi connectivity index (χ2n) is 17.1. The molecule has 0 N–H and O–H groups in total. The van der Waals surface area contributed by atoms with Crippen LogP contribution in [-0.4, -0.2) is 9.13 Å². The molecule has 0 amide bonds. The average molecular weight is 1040 g/mol. The molecule has 74 heavy (non-hydrogen) atoms. The van der Waals surface area contributed by atoms with Gasteiger partial charge in [0.15, 0.2) is 0 Å². The summed E-state index contributed by atoms with van der Waals surface area (Å²) in [6.07, 6.45) is -31.6. The molecule has 0 saturated heterocycles. The second-order valence-corrected chi connectivity index (χ2v) is 17.1. The van der Waals surface area contributed by atoms with E-state index in [1.807, 2.05) is 0 Å². The van der Waals surface area contributed by atoms with Gasteiger partial charge in [-0.05, 0) is 118 Å². The maximum atomic E-state index is 15.2. The molecule has 0 aliphatic heterocycles. The number of halogens is 18. The number of aromatic nitrogens is 2. The van der Waals surface area contributed by atoms with Crippen LogP contribution in [0.15, 0.2) is 158 Å². The lowest BCUT2D eigenvalue weighted by Crippen LogP contribution is -2.13. The van der Waals surface area contributed by atoms with E-state index in [4.69, 9.17) is 0 Å². The zero-order valence-electron chi connectivity index (χ0n) is 36.7. The third-order valence-electron chi connectivity index (χ3n) is 12.7. The van der Waals surface area contributed by atoms with Crippen LogP contribution >= 0.6 is 0 Å². The zero-order chi connectivity index (χ0) is 53.2. The molecule has 8 aromatic carbocycles. The minimum Gasteiger partial charge on any atom is -0.309 e. The minimum atomic E-state index is -5.35. The van der Waals surface area contributed by atoms with E-state index in [1.165, 1.54) is 57.7 Å². The number of para-hydroxylation sites is 2. The van der Waals surface area contributed by atoms with Crippen molar-refractivity contribution in [3.05, 3.63) is 191 Å². The van der Waals surface area contributed by atoms with Gasteiger partial charge in [-0.3, -0.25) is 0 Å².